The summed E-state index contributed by atoms with van der Waals surface area (Å²) >= 11 is 1.74. The number of aliphatic hydroxyl groups excluding tert-OH is 1. The molecule has 21 heavy (non-hydrogen) atoms. The molecule has 1 aromatic heterocycles. The van der Waals surface area contributed by atoms with Gasteiger partial charge in [0.2, 0.25) is 5.91 Å². The number of thiophene rings is 1. The number of amides is 1. The number of nitrogens with one attached hydrogen (secondary N) is 1. The molecule has 0 bridgehead atoms. The molecule has 0 spiro atoms. The van der Waals surface area contributed by atoms with Crippen molar-refractivity contribution in [3.63, 3.8) is 0 Å². The zero-order chi connectivity index (χ0) is 15.1. The number of rotatable bonds is 4. The molecule has 0 atom stereocenters. The van der Waals surface area contributed by atoms with Crippen molar-refractivity contribution in [2.75, 3.05) is 19.7 Å². The molecule has 1 saturated heterocycles. The quantitative estimate of drug-likeness (QED) is 0.831. The molecule has 0 aliphatic carbocycles. The highest BCUT2D eigenvalue weighted by Gasteiger charge is 2.19. The van der Waals surface area contributed by atoms with Crippen molar-refractivity contribution in [3.8, 4) is 11.8 Å². The van der Waals surface area contributed by atoms with E-state index in [2.05, 4.69) is 33.5 Å². The van der Waals surface area contributed by atoms with Crippen LogP contribution >= 0.6 is 11.3 Å². The van der Waals surface area contributed by atoms with Crippen LogP contribution in [0.25, 0.3) is 0 Å². The van der Waals surface area contributed by atoms with Crippen LogP contribution in [0.5, 0.6) is 0 Å². The Morgan fingerprint density at radius 1 is 1.52 bits per heavy atom. The summed E-state index contributed by atoms with van der Waals surface area (Å²) in [5.74, 6) is 6.08. The maximum atomic E-state index is 11.0. The van der Waals surface area contributed by atoms with Crippen molar-refractivity contribution in [1.29, 1.82) is 0 Å². The monoisotopic (exact) mass is 306 g/mol. The van der Waals surface area contributed by atoms with Crippen LogP contribution in [0, 0.1) is 11.8 Å². The highest BCUT2D eigenvalue weighted by Crippen LogP contribution is 2.19. The van der Waals surface area contributed by atoms with Gasteiger partial charge in [-0.3, -0.25) is 9.69 Å². The van der Waals surface area contributed by atoms with Crippen LogP contribution in [0.2, 0.25) is 0 Å². The van der Waals surface area contributed by atoms with Gasteiger partial charge in [-0.2, -0.15) is 0 Å². The fourth-order valence-electron chi connectivity index (χ4n) is 2.49. The lowest BCUT2D eigenvalue weighted by Crippen LogP contribution is -2.43. The lowest BCUT2D eigenvalue weighted by Gasteiger charge is -2.31. The van der Waals surface area contributed by atoms with Crippen LogP contribution in [0.4, 0.5) is 0 Å². The van der Waals surface area contributed by atoms with Gasteiger partial charge in [-0.1, -0.05) is 11.8 Å². The van der Waals surface area contributed by atoms with Gasteiger partial charge < -0.3 is 10.4 Å². The maximum absolute atomic E-state index is 11.0. The SMILES string of the molecule is CC(=O)NC1CCN(Cc2cc(C#CCCO)cs2)CC1. The molecule has 1 amide bonds. The van der Waals surface area contributed by atoms with E-state index in [1.807, 2.05) is 0 Å². The molecule has 114 valence electrons. The molecule has 0 saturated carbocycles. The highest BCUT2D eigenvalue weighted by molar-refractivity contribution is 7.10. The zero-order valence-corrected chi connectivity index (χ0v) is 13.2. The van der Waals surface area contributed by atoms with Crippen molar-refractivity contribution in [2.45, 2.75) is 38.8 Å². The van der Waals surface area contributed by atoms with Gasteiger partial charge in [-0.05, 0) is 18.9 Å². The van der Waals surface area contributed by atoms with E-state index >= 15 is 0 Å². The number of nitrogens with zero attached hydrogens (tertiary/aromatic N) is 1. The van der Waals surface area contributed by atoms with Crippen LogP contribution in [0.15, 0.2) is 11.4 Å². The summed E-state index contributed by atoms with van der Waals surface area (Å²) in [6.45, 7) is 4.70. The second kappa shape index (κ2) is 8.18. The molecule has 2 rings (SSSR count). The summed E-state index contributed by atoms with van der Waals surface area (Å²) in [5.41, 5.74) is 1.04. The van der Waals surface area contributed by atoms with Crippen LogP contribution in [0.1, 0.15) is 36.6 Å². The standard InChI is InChI=1S/C16H22N2O2S/c1-13(20)17-15-5-7-18(8-6-15)11-16-10-14(12-21-16)4-2-3-9-19/h10,12,15,19H,3,5-9,11H2,1H3,(H,17,20). The second-order valence-corrected chi connectivity index (χ2v) is 6.32. The Bertz CT molecular complexity index is 522. The first-order chi connectivity index (χ1) is 10.2. The third-order valence-electron chi connectivity index (χ3n) is 3.50. The Hall–Kier alpha value is -1.35. The van der Waals surface area contributed by atoms with Crippen molar-refractivity contribution in [2.24, 2.45) is 0 Å². The Kier molecular flexibility index (Phi) is 6.24. The van der Waals surface area contributed by atoms with Gasteiger partial charge in [0.15, 0.2) is 0 Å². The molecular formula is C16H22N2O2S. The fraction of sp³-hybridized carbons (Fsp3) is 0.562. The van der Waals surface area contributed by atoms with Gasteiger partial charge in [-0.15, -0.1) is 11.3 Å². The van der Waals surface area contributed by atoms with Crippen molar-refractivity contribution in [1.82, 2.24) is 10.2 Å². The van der Waals surface area contributed by atoms with E-state index in [1.165, 1.54) is 4.88 Å². The van der Waals surface area contributed by atoms with Gasteiger partial charge in [0, 0.05) is 54.8 Å². The fourth-order valence-corrected chi connectivity index (χ4v) is 3.35. The highest BCUT2D eigenvalue weighted by atomic mass is 32.1. The first-order valence-corrected chi connectivity index (χ1v) is 8.22. The Morgan fingerprint density at radius 3 is 2.95 bits per heavy atom. The molecule has 4 nitrogen and oxygen atoms in total. The van der Waals surface area contributed by atoms with Crippen molar-refractivity contribution >= 4 is 17.2 Å². The summed E-state index contributed by atoms with van der Waals surface area (Å²) in [7, 11) is 0. The van der Waals surface area contributed by atoms with E-state index in [1.54, 1.807) is 18.3 Å². The smallest absolute Gasteiger partial charge is 0.217 e. The van der Waals surface area contributed by atoms with E-state index in [0.717, 1.165) is 38.0 Å². The number of carbonyl (C=O) groups excluding carboxylic acids is 1. The number of piperidine rings is 1. The Morgan fingerprint density at radius 2 is 2.29 bits per heavy atom. The lowest BCUT2D eigenvalue weighted by molar-refractivity contribution is -0.119. The van der Waals surface area contributed by atoms with Gasteiger partial charge in [0.1, 0.15) is 0 Å². The average molecular weight is 306 g/mol. The third kappa shape index (κ3) is 5.50. The summed E-state index contributed by atoms with van der Waals surface area (Å²) < 4.78 is 0. The predicted octanol–water partition coefficient (Wildman–Crippen LogP) is 1.58. The minimum atomic E-state index is 0.0674. The van der Waals surface area contributed by atoms with Gasteiger partial charge in [-0.25, -0.2) is 0 Å². The molecule has 1 fully saturated rings. The van der Waals surface area contributed by atoms with Crippen LogP contribution < -0.4 is 5.32 Å². The van der Waals surface area contributed by atoms with Gasteiger partial charge in [0.05, 0.1) is 6.61 Å². The second-order valence-electron chi connectivity index (χ2n) is 5.33. The summed E-state index contributed by atoms with van der Waals surface area (Å²) in [4.78, 5) is 14.8. The van der Waals surface area contributed by atoms with E-state index in [0.29, 0.717) is 12.5 Å². The zero-order valence-electron chi connectivity index (χ0n) is 12.4. The summed E-state index contributed by atoms with van der Waals surface area (Å²) in [5, 5.41) is 13.8. The summed E-state index contributed by atoms with van der Waals surface area (Å²) in [6.07, 6.45) is 2.57. The minimum Gasteiger partial charge on any atom is -0.395 e. The number of carbonyl (C=O) groups is 1. The Labute approximate surface area is 130 Å². The molecule has 2 heterocycles. The third-order valence-corrected chi connectivity index (χ3v) is 4.42. The van der Waals surface area contributed by atoms with Crippen molar-refractivity contribution < 1.29 is 9.90 Å². The van der Waals surface area contributed by atoms with Crippen LogP contribution in [0.3, 0.4) is 0 Å². The molecule has 2 N–H and O–H groups in total. The number of aliphatic hydroxyl groups is 1. The topological polar surface area (TPSA) is 52.6 Å². The van der Waals surface area contributed by atoms with Gasteiger partial charge in [0.25, 0.3) is 0 Å². The van der Waals surface area contributed by atoms with Crippen LogP contribution in [-0.4, -0.2) is 41.7 Å². The number of likely N-dealkylation sites (tertiary alicyclic amines) is 1. The first kappa shape index (κ1) is 16.0. The first-order valence-electron chi connectivity index (χ1n) is 7.34. The van der Waals surface area contributed by atoms with Crippen molar-refractivity contribution in [3.05, 3.63) is 21.9 Å². The molecule has 1 aromatic rings. The molecule has 1 aliphatic heterocycles. The number of hydrogen-bond donors (Lipinski definition) is 2. The van der Waals surface area contributed by atoms with E-state index in [9.17, 15) is 4.79 Å². The van der Waals surface area contributed by atoms with E-state index in [4.69, 9.17) is 5.11 Å². The molecule has 0 radical (unpaired) electrons. The maximum Gasteiger partial charge on any atom is 0.217 e. The molecule has 1 aliphatic rings. The molecule has 0 aromatic carbocycles. The van der Waals surface area contributed by atoms with E-state index in [-0.39, 0.29) is 12.5 Å². The molecule has 0 unspecified atom stereocenters. The average Bonchev–Trinajstić information content (AvgIpc) is 2.88. The largest absolute Gasteiger partial charge is 0.395 e. The molecule has 5 heteroatoms. The molecular weight excluding hydrogens is 284 g/mol. The van der Waals surface area contributed by atoms with Gasteiger partial charge >= 0.3 is 0 Å². The predicted molar refractivity (Wildman–Crippen MR) is 85.0 cm³/mol. The minimum absolute atomic E-state index is 0.0674. The van der Waals surface area contributed by atoms with E-state index < -0.39 is 0 Å². The summed E-state index contributed by atoms with van der Waals surface area (Å²) in [6, 6.07) is 2.47. The lowest BCUT2D eigenvalue weighted by atomic mass is 10.1. The Balaban J connectivity index is 1.79. The number of hydrogen-bond acceptors (Lipinski definition) is 4. The van der Waals surface area contributed by atoms with Crippen LogP contribution in [-0.2, 0) is 11.3 Å². The normalized spacial score (nSPS) is 16.3.